The Morgan fingerprint density at radius 2 is 0.865 bits per heavy atom. The summed E-state index contributed by atoms with van der Waals surface area (Å²) in [6.45, 7) is 12.0. The van der Waals surface area contributed by atoms with Gasteiger partial charge in [-0.3, -0.25) is 9.59 Å². The van der Waals surface area contributed by atoms with Crippen LogP contribution < -0.4 is 57.4 Å². The van der Waals surface area contributed by atoms with Crippen molar-refractivity contribution in [1.29, 1.82) is 0 Å². The molecular weight excluding hydrogens is 874 g/mol. The summed E-state index contributed by atoms with van der Waals surface area (Å²) in [6.07, 6.45) is 18.2. The second kappa shape index (κ2) is 25.0. The molecule has 0 N–H and O–H groups in total. The molecule has 2 unspecified atom stereocenters. The first-order valence-corrected chi connectivity index (χ1v) is 20.5. The first kappa shape index (κ1) is 46.9. The number of nitrogens with zero attached hydrogens (tertiary/aromatic N) is 2. The van der Waals surface area contributed by atoms with E-state index in [0.717, 1.165) is 109 Å². The molecule has 6 nitrogen and oxygen atoms in total. The molecular formula is C44H70I2N2O4. The highest BCUT2D eigenvalue weighted by atomic mass is 127. The Hall–Kier alpha value is -1.24. The summed E-state index contributed by atoms with van der Waals surface area (Å²) in [6, 6.07) is 15.7. The molecule has 0 radical (unpaired) electrons. The number of Topliss-reactive ketones (excluding diaryl/α,β-unsaturated/α-hetero) is 2. The third-order valence-electron chi connectivity index (χ3n) is 11.5. The molecule has 2 heterocycles. The number of hydrogen-bond donors (Lipinski definition) is 0. The lowest BCUT2D eigenvalue weighted by Gasteiger charge is -2.38. The zero-order valence-corrected chi connectivity index (χ0v) is 37.3. The summed E-state index contributed by atoms with van der Waals surface area (Å²) in [5.74, 6) is 1.85. The average molecular weight is 945 g/mol. The number of halogens is 2. The van der Waals surface area contributed by atoms with E-state index in [1.807, 2.05) is 48.5 Å². The van der Waals surface area contributed by atoms with Crippen LogP contribution in [0.5, 0.6) is 11.5 Å². The Labute approximate surface area is 351 Å². The number of carbonyl (C=O) groups excluding carboxylic acids is 2. The maximum atomic E-state index is 14.4. The Morgan fingerprint density at radius 1 is 0.538 bits per heavy atom. The largest absolute Gasteiger partial charge is 1.00 e. The molecule has 2 aromatic carbocycles. The number of benzene rings is 2. The van der Waals surface area contributed by atoms with E-state index < -0.39 is 0 Å². The van der Waals surface area contributed by atoms with Crippen LogP contribution in [0.3, 0.4) is 0 Å². The molecule has 0 bridgehead atoms. The summed E-state index contributed by atoms with van der Waals surface area (Å²) < 4.78 is 13.8. The van der Waals surface area contributed by atoms with Crippen LogP contribution in [0.25, 0.3) is 0 Å². The molecule has 2 atom stereocenters. The molecule has 52 heavy (non-hydrogen) atoms. The quantitative estimate of drug-likeness (QED) is 0.0825. The van der Waals surface area contributed by atoms with Gasteiger partial charge in [0.05, 0.1) is 78.4 Å². The van der Waals surface area contributed by atoms with E-state index in [-0.39, 0.29) is 71.4 Å². The number of quaternary nitrogens is 2. The predicted octanol–water partition coefficient (Wildman–Crippen LogP) is 3.95. The highest BCUT2D eigenvalue weighted by Gasteiger charge is 2.36. The number of ketones is 2. The lowest BCUT2D eigenvalue weighted by atomic mass is 9.85. The lowest BCUT2D eigenvalue weighted by molar-refractivity contribution is -0.911. The van der Waals surface area contributed by atoms with Crippen molar-refractivity contribution in [1.82, 2.24) is 0 Å². The summed E-state index contributed by atoms with van der Waals surface area (Å²) in [5, 5.41) is 0. The molecule has 4 rings (SSSR count). The van der Waals surface area contributed by atoms with E-state index in [0.29, 0.717) is 13.2 Å². The maximum Gasteiger partial charge on any atom is 0.171 e. The molecule has 0 amide bonds. The van der Waals surface area contributed by atoms with Gasteiger partial charge in [0.15, 0.2) is 11.6 Å². The molecule has 2 saturated heterocycles. The van der Waals surface area contributed by atoms with Gasteiger partial charge in [-0.05, 0) is 126 Å². The monoisotopic (exact) mass is 944 g/mol. The van der Waals surface area contributed by atoms with Crippen LogP contribution in [0, 0.1) is 11.8 Å². The van der Waals surface area contributed by atoms with Crippen molar-refractivity contribution in [2.45, 2.75) is 117 Å². The maximum absolute atomic E-state index is 14.4. The van der Waals surface area contributed by atoms with Crippen molar-refractivity contribution in [3.63, 3.8) is 0 Å². The number of unbranched alkanes of at least 4 members (excludes halogenated alkanes) is 4. The predicted molar refractivity (Wildman–Crippen MR) is 206 cm³/mol. The van der Waals surface area contributed by atoms with E-state index in [2.05, 4.69) is 27.9 Å². The van der Waals surface area contributed by atoms with Crippen LogP contribution in [0.4, 0.5) is 0 Å². The van der Waals surface area contributed by atoms with Gasteiger partial charge in [0.1, 0.15) is 11.5 Å². The normalized spacial score (nSPS) is 18.0. The van der Waals surface area contributed by atoms with Crippen LogP contribution in [0.15, 0.2) is 48.5 Å². The van der Waals surface area contributed by atoms with Gasteiger partial charge in [0, 0.05) is 11.1 Å². The fourth-order valence-electron chi connectivity index (χ4n) is 8.33. The standard InChI is InChI=1S/C44H70N2O4.2HI/c1-5-7-17-33-49-41-25-21-37(22-26-41)43(47)39(35-45(3)29-13-9-10-14-30-45)19-20-40(36-46(4)31-15-11-12-16-32-46)44(48)38-23-27-42(28-24-38)50-34-18-8-6-2;;/h21-28,39-40H,5-20,29-36H2,1-4H3;2*1H/q+2;;/p-2. The average Bonchev–Trinajstić information content (AvgIpc) is 3.49. The van der Waals surface area contributed by atoms with Gasteiger partial charge in [-0.1, -0.05) is 39.5 Å². The Bertz CT molecular complexity index is 1170. The summed E-state index contributed by atoms with van der Waals surface area (Å²) in [7, 11) is 4.72. The number of likely N-dealkylation sites (tertiary alicyclic amines) is 2. The van der Waals surface area contributed by atoms with Crippen LogP contribution in [-0.4, -0.2) is 87.1 Å². The third-order valence-corrected chi connectivity index (χ3v) is 11.5. The van der Waals surface area contributed by atoms with Gasteiger partial charge in [0.25, 0.3) is 0 Å². The minimum atomic E-state index is -0.127. The van der Waals surface area contributed by atoms with Gasteiger partial charge in [-0.2, -0.15) is 0 Å². The topological polar surface area (TPSA) is 52.6 Å². The van der Waals surface area contributed by atoms with E-state index in [9.17, 15) is 9.59 Å². The Morgan fingerprint density at radius 3 is 1.17 bits per heavy atom. The highest BCUT2D eigenvalue weighted by molar-refractivity contribution is 5.99. The minimum absolute atomic E-state index is 0. The first-order chi connectivity index (χ1) is 24.2. The molecule has 294 valence electrons. The minimum Gasteiger partial charge on any atom is -1.00 e. The smallest absolute Gasteiger partial charge is 0.171 e. The zero-order valence-electron chi connectivity index (χ0n) is 33.0. The van der Waals surface area contributed by atoms with Crippen molar-refractivity contribution < 1.29 is 76.0 Å². The van der Waals surface area contributed by atoms with Gasteiger partial charge < -0.3 is 66.4 Å². The van der Waals surface area contributed by atoms with Crippen molar-refractivity contribution in [2.75, 3.05) is 66.6 Å². The number of rotatable bonds is 21. The van der Waals surface area contributed by atoms with E-state index in [1.54, 1.807) is 0 Å². The van der Waals surface area contributed by atoms with Crippen molar-refractivity contribution in [2.24, 2.45) is 11.8 Å². The number of carbonyl (C=O) groups is 2. The molecule has 0 saturated carbocycles. The molecule has 2 aliphatic rings. The van der Waals surface area contributed by atoms with Crippen molar-refractivity contribution >= 4 is 11.6 Å². The van der Waals surface area contributed by atoms with Crippen LogP contribution in [-0.2, 0) is 0 Å². The molecule has 2 aliphatic heterocycles. The van der Waals surface area contributed by atoms with Gasteiger partial charge in [-0.25, -0.2) is 0 Å². The Kier molecular flexibility index (Phi) is 22.6. The SMILES string of the molecule is CCCCCOc1ccc(C(=O)C(CCC(C[N+]2(C)CCCCCC2)C(=O)c2ccc(OCCCCC)cc2)C[N+]2(C)CCCCCC2)cc1.[I-].[I-]. The molecule has 0 aliphatic carbocycles. The zero-order chi connectivity index (χ0) is 35.7. The fraction of sp³-hybridized carbons (Fsp3) is 0.682. The second-order valence-corrected chi connectivity index (χ2v) is 16.2. The molecule has 8 heteroatoms. The van der Waals surface area contributed by atoms with E-state index >= 15 is 0 Å². The third kappa shape index (κ3) is 15.9. The van der Waals surface area contributed by atoms with Gasteiger partial charge >= 0.3 is 0 Å². The van der Waals surface area contributed by atoms with Crippen LogP contribution >= 0.6 is 0 Å². The van der Waals surface area contributed by atoms with E-state index in [1.165, 1.54) is 64.2 Å². The van der Waals surface area contributed by atoms with Crippen LogP contribution in [0.2, 0.25) is 0 Å². The summed E-state index contributed by atoms with van der Waals surface area (Å²) >= 11 is 0. The number of hydrogen-bond acceptors (Lipinski definition) is 4. The molecule has 2 aromatic rings. The lowest BCUT2D eigenvalue weighted by Crippen LogP contribution is -3.00. The highest BCUT2D eigenvalue weighted by Crippen LogP contribution is 2.29. The van der Waals surface area contributed by atoms with Gasteiger partial charge in [-0.15, -0.1) is 0 Å². The summed E-state index contributed by atoms with van der Waals surface area (Å²) in [4.78, 5) is 28.8. The Balaban J connectivity index is 0.00000468. The first-order valence-electron chi connectivity index (χ1n) is 20.5. The van der Waals surface area contributed by atoms with Crippen molar-refractivity contribution in [3.05, 3.63) is 59.7 Å². The van der Waals surface area contributed by atoms with Gasteiger partial charge in [0.2, 0.25) is 0 Å². The summed E-state index contributed by atoms with van der Waals surface area (Å²) in [5.41, 5.74) is 1.53. The van der Waals surface area contributed by atoms with E-state index in [4.69, 9.17) is 9.47 Å². The molecule has 0 spiro atoms. The number of ether oxygens (including phenoxy) is 2. The second-order valence-electron chi connectivity index (χ2n) is 16.2. The fourth-order valence-corrected chi connectivity index (χ4v) is 8.33. The van der Waals surface area contributed by atoms with Crippen LogP contribution in [0.1, 0.15) is 137 Å². The molecule has 2 fully saturated rings. The molecule has 0 aromatic heterocycles. The van der Waals surface area contributed by atoms with Crippen molar-refractivity contribution in [3.8, 4) is 11.5 Å².